The molecule has 2 heterocycles. The van der Waals surface area contributed by atoms with Crippen LogP contribution in [0.2, 0.25) is 10.0 Å². The molecule has 0 unspecified atom stereocenters. The van der Waals surface area contributed by atoms with E-state index in [1.165, 1.54) is 0 Å². The molecule has 2 aromatic rings. The fourth-order valence-corrected chi connectivity index (χ4v) is 3.53. The zero-order valence-corrected chi connectivity index (χ0v) is 15.6. The number of hydrogen-bond acceptors (Lipinski definition) is 6. The van der Waals surface area contributed by atoms with Gasteiger partial charge in [-0.05, 0) is 12.1 Å². The van der Waals surface area contributed by atoms with Gasteiger partial charge in [0, 0.05) is 23.0 Å². The monoisotopic (exact) mass is 406 g/mol. The van der Waals surface area contributed by atoms with Gasteiger partial charge in [-0.3, -0.25) is 4.18 Å². The molecule has 0 N–H and O–H groups in total. The Labute approximate surface area is 155 Å². The van der Waals surface area contributed by atoms with Crippen molar-refractivity contribution in [3.63, 3.8) is 0 Å². The predicted molar refractivity (Wildman–Crippen MR) is 92.0 cm³/mol. The molecule has 1 aliphatic rings. The van der Waals surface area contributed by atoms with Crippen molar-refractivity contribution >= 4 is 33.3 Å². The van der Waals surface area contributed by atoms with Gasteiger partial charge < -0.3 is 14.0 Å². The van der Waals surface area contributed by atoms with E-state index in [1.54, 1.807) is 41.5 Å². The van der Waals surface area contributed by atoms with E-state index in [1.807, 2.05) is 0 Å². The van der Waals surface area contributed by atoms with Gasteiger partial charge in [0.25, 0.3) is 10.1 Å². The molecule has 0 bridgehead atoms. The number of imidazole rings is 1. The Balaban J connectivity index is 1.88. The van der Waals surface area contributed by atoms with Crippen LogP contribution < -0.4 is 0 Å². The minimum atomic E-state index is -3.57. The fourth-order valence-electron chi connectivity index (χ4n) is 2.57. The van der Waals surface area contributed by atoms with Crippen LogP contribution in [0, 0.1) is 0 Å². The molecular weight excluding hydrogens is 391 g/mol. The van der Waals surface area contributed by atoms with Gasteiger partial charge in [0.15, 0.2) is 0 Å². The van der Waals surface area contributed by atoms with Crippen molar-refractivity contribution in [2.75, 3.05) is 19.5 Å². The average Bonchev–Trinajstić information content (AvgIpc) is 3.15. The van der Waals surface area contributed by atoms with Crippen LogP contribution in [0.3, 0.4) is 0 Å². The minimum Gasteiger partial charge on any atom is -0.342 e. The summed E-state index contributed by atoms with van der Waals surface area (Å²) in [5.74, 6) is -1.20. The summed E-state index contributed by atoms with van der Waals surface area (Å²) in [7, 11) is -3.57. The molecule has 1 fully saturated rings. The van der Waals surface area contributed by atoms with Gasteiger partial charge in [-0.25, -0.2) is 4.98 Å². The molecule has 0 radical (unpaired) electrons. The number of ether oxygens (including phenoxy) is 2. The number of benzene rings is 1. The van der Waals surface area contributed by atoms with Crippen LogP contribution in [0.25, 0.3) is 0 Å². The number of halogens is 2. The van der Waals surface area contributed by atoms with Gasteiger partial charge in [-0.2, -0.15) is 8.42 Å². The lowest BCUT2D eigenvalue weighted by Gasteiger charge is -2.29. The van der Waals surface area contributed by atoms with E-state index in [0.717, 1.165) is 6.26 Å². The molecule has 3 rings (SSSR count). The average molecular weight is 407 g/mol. The summed E-state index contributed by atoms with van der Waals surface area (Å²) < 4.78 is 41.0. The third-order valence-electron chi connectivity index (χ3n) is 3.62. The third kappa shape index (κ3) is 4.52. The normalized spacial score (nSPS) is 23.9. The van der Waals surface area contributed by atoms with E-state index < -0.39 is 22.0 Å². The molecule has 0 saturated carbocycles. The van der Waals surface area contributed by atoms with Crippen LogP contribution in [-0.2, 0) is 36.1 Å². The van der Waals surface area contributed by atoms with Gasteiger partial charge in [-0.1, -0.05) is 29.3 Å². The molecular formula is C15H16Cl2N2O5S. The van der Waals surface area contributed by atoms with Crippen molar-refractivity contribution in [3.8, 4) is 0 Å². The van der Waals surface area contributed by atoms with Gasteiger partial charge in [-0.15, -0.1) is 0 Å². The van der Waals surface area contributed by atoms with Crippen molar-refractivity contribution in [1.82, 2.24) is 9.55 Å². The number of aromatic nitrogens is 2. The van der Waals surface area contributed by atoms with Crippen LogP contribution in [0.15, 0.2) is 36.9 Å². The summed E-state index contributed by atoms with van der Waals surface area (Å²) in [6.07, 6.45) is 5.44. The summed E-state index contributed by atoms with van der Waals surface area (Å²) in [4.78, 5) is 4.01. The first-order chi connectivity index (χ1) is 11.8. The fraction of sp³-hybridized carbons (Fsp3) is 0.400. The second-order valence-corrected chi connectivity index (χ2v) is 8.14. The molecule has 10 heteroatoms. The first kappa shape index (κ1) is 18.6. The van der Waals surface area contributed by atoms with Crippen molar-refractivity contribution in [1.29, 1.82) is 0 Å². The maximum atomic E-state index is 11.2. The van der Waals surface area contributed by atoms with Crippen LogP contribution in [0.1, 0.15) is 5.56 Å². The van der Waals surface area contributed by atoms with Crippen LogP contribution in [0.4, 0.5) is 0 Å². The maximum absolute atomic E-state index is 11.2. The topological polar surface area (TPSA) is 79.7 Å². The van der Waals surface area contributed by atoms with Crippen molar-refractivity contribution in [2.24, 2.45) is 0 Å². The molecule has 136 valence electrons. The summed E-state index contributed by atoms with van der Waals surface area (Å²) in [6, 6.07) is 5.01. The van der Waals surface area contributed by atoms with Gasteiger partial charge >= 0.3 is 0 Å². The quantitative estimate of drug-likeness (QED) is 0.685. The van der Waals surface area contributed by atoms with E-state index >= 15 is 0 Å². The molecule has 2 atom stereocenters. The largest absolute Gasteiger partial charge is 0.342 e. The molecule has 0 amide bonds. The zero-order valence-electron chi connectivity index (χ0n) is 13.3. The summed E-state index contributed by atoms with van der Waals surface area (Å²) in [6.45, 7) is 0.294. The maximum Gasteiger partial charge on any atom is 0.264 e. The number of rotatable bonds is 6. The van der Waals surface area contributed by atoms with Gasteiger partial charge in [0.1, 0.15) is 6.10 Å². The summed E-state index contributed by atoms with van der Waals surface area (Å²) >= 11 is 12.3. The first-order valence-corrected chi connectivity index (χ1v) is 9.92. The molecule has 0 aliphatic carbocycles. The highest BCUT2D eigenvalue weighted by Crippen LogP contribution is 2.40. The van der Waals surface area contributed by atoms with E-state index in [9.17, 15) is 8.42 Å². The Morgan fingerprint density at radius 1 is 1.44 bits per heavy atom. The lowest BCUT2D eigenvalue weighted by atomic mass is 10.1. The Morgan fingerprint density at radius 3 is 2.88 bits per heavy atom. The lowest BCUT2D eigenvalue weighted by Crippen LogP contribution is -2.34. The molecule has 0 spiro atoms. The van der Waals surface area contributed by atoms with E-state index in [-0.39, 0.29) is 19.8 Å². The Hall–Kier alpha value is -1.16. The Morgan fingerprint density at radius 2 is 2.24 bits per heavy atom. The highest BCUT2D eigenvalue weighted by Gasteiger charge is 2.45. The van der Waals surface area contributed by atoms with Gasteiger partial charge in [0.05, 0.1) is 37.4 Å². The molecule has 1 aromatic carbocycles. The second-order valence-electron chi connectivity index (χ2n) is 5.65. The van der Waals surface area contributed by atoms with E-state index in [0.29, 0.717) is 15.6 Å². The number of hydrogen-bond donors (Lipinski definition) is 0. The van der Waals surface area contributed by atoms with E-state index in [4.69, 9.17) is 36.9 Å². The van der Waals surface area contributed by atoms with Gasteiger partial charge in [0.2, 0.25) is 5.79 Å². The third-order valence-corrected chi connectivity index (χ3v) is 4.73. The summed E-state index contributed by atoms with van der Waals surface area (Å²) in [5.41, 5.74) is 0.592. The first-order valence-electron chi connectivity index (χ1n) is 7.35. The standard InChI is InChI=1S/C15H16Cl2N2O5S/c1-25(20,21)23-8-12-7-22-15(24-12,9-19-5-4-18-10-19)13-3-2-11(16)6-14(13)17/h2-6,10,12H,7-9H2,1H3/t12-,15-/m1/s1. The second kappa shape index (κ2) is 7.22. The molecule has 7 nitrogen and oxygen atoms in total. The lowest BCUT2D eigenvalue weighted by molar-refractivity contribution is -0.189. The zero-order chi connectivity index (χ0) is 18.1. The van der Waals surface area contributed by atoms with Crippen molar-refractivity contribution in [2.45, 2.75) is 18.4 Å². The highest BCUT2D eigenvalue weighted by molar-refractivity contribution is 7.85. The van der Waals surface area contributed by atoms with Crippen molar-refractivity contribution < 1.29 is 22.1 Å². The smallest absolute Gasteiger partial charge is 0.264 e. The van der Waals surface area contributed by atoms with Crippen LogP contribution in [0.5, 0.6) is 0 Å². The molecule has 1 aromatic heterocycles. The molecule has 1 saturated heterocycles. The predicted octanol–water partition coefficient (Wildman–Crippen LogP) is 2.43. The SMILES string of the molecule is CS(=O)(=O)OC[C@H]1CO[C@@](Cn2ccnc2)(c2ccc(Cl)cc2Cl)O1. The minimum absolute atomic E-state index is 0.143. The number of nitrogens with zero attached hydrogens (tertiary/aromatic N) is 2. The Bertz CT molecular complexity index is 844. The van der Waals surface area contributed by atoms with E-state index in [2.05, 4.69) is 4.98 Å². The van der Waals surface area contributed by atoms with Crippen LogP contribution in [-0.4, -0.2) is 43.5 Å². The Kier molecular flexibility index (Phi) is 5.38. The summed E-state index contributed by atoms with van der Waals surface area (Å²) in [5, 5.41) is 0.874. The highest BCUT2D eigenvalue weighted by atomic mass is 35.5. The molecule has 25 heavy (non-hydrogen) atoms. The van der Waals surface area contributed by atoms with Crippen LogP contribution >= 0.6 is 23.2 Å². The van der Waals surface area contributed by atoms with Crippen molar-refractivity contribution in [3.05, 3.63) is 52.5 Å². The molecule has 1 aliphatic heterocycles.